The average molecular weight is 294 g/mol. The van der Waals surface area contributed by atoms with Gasteiger partial charge >= 0.3 is 0 Å². The Morgan fingerprint density at radius 2 is 1.43 bits per heavy atom. The highest BCUT2D eigenvalue weighted by atomic mass is 16.3. The molecule has 1 aromatic rings. The highest BCUT2D eigenvalue weighted by molar-refractivity contribution is 5.17. The maximum atomic E-state index is 10.0. The molecule has 0 bridgehead atoms. The van der Waals surface area contributed by atoms with E-state index in [9.17, 15) is 15.3 Å². The largest absolute Gasteiger partial charge is 0.393 e. The van der Waals surface area contributed by atoms with E-state index in [0.717, 1.165) is 31.2 Å². The van der Waals surface area contributed by atoms with E-state index < -0.39 is 12.2 Å². The van der Waals surface area contributed by atoms with Crippen LogP contribution in [0.15, 0.2) is 30.3 Å². The van der Waals surface area contributed by atoms with E-state index in [0.29, 0.717) is 12.8 Å². The van der Waals surface area contributed by atoms with Crippen molar-refractivity contribution in [3.8, 4) is 0 Å². The molecule has 3 nitrogen and oxygen atoms in total. The Kier molecular flexibility index (Phi) is 9.31. The van der Waals surface area contributed by atoms with Gasteiger partial charge in [-0.15, -0.1) is 0 Å². The predicted octanol–water partition coefficient (Wildman–Crippen LogP) is 3.58. The lowest BCUT2D eigenvalue weighted by atomic mass is 9.98. The number of unbranched alkanes of at least 4 members (excludes halogenated alkanes) is 2. The second-order valence-electron chi connectivity index (χ2n) is 5.90. The molecule has 0 saturated carbocycles. The highest BCUT2D eigenvalue weighted by Gasteiger charge is 2.14. The Morgan fingerprint density at radius 3 is 2.10 bits per heavy atom. The van der Waals surface area contributed by atoms with Gasteiger partial charge in [0.05, 0.1) is 18.3 Å². The summed E-state index contributed by atoms with van der Waals surface area (Å²) >= 11 is 0. The van der Waals surface area contributed by atoms with Crippen molar-refractivity contribution in [2.45, 2.75) is 76.6 Å². The molecule has 3 atom stereocenters. The third-order valence-corrected chi connectivity index (χ3v) is 3.90. The quantitative estimate of drug-likeness (QED) is 0.547. The van der Waals surface area contributed by atoms with Crippen LogP contribution in [0.2, 0.25) is 0 Å². The first-order valence-corrected chi connectivity index (χ1v) is 8.22. The molecule has 0 aliphatic heterocycles. The minimum Gasteiger partial charge on any atom is -0.393 e. The van der Waals surface area contributed by atoms with Crippen molar-refractivity contribution < 1.29 is 15.3 Å². The van der Waals surface area contributed by atoms with Crippen molar-refractivity contribution in [3.63, 3.8) is 0 Å². The summed E-state index contributed by atoms with van der Waals surface area (Å²) in [4.78, 5) is 0. The molecule has 0 aliphatic carbocycles. The Bertz CT molecular complexity index is 353. The SMILES string of the molecule is CCCCC[C@@H](O)CCC[C@@H](O)CC(O)c1ccccc1. The molecular formula is C18H30O3. The van der Waals surface area contributed by atoms with E-state index in [-0.39, 0.29) is 6.10 Å². The van der Waals surface area contributed by atoms with Crippen LogP contribution in [-0.4, -0.2) is 27.5 Å². The lowest BCUT2D eigenvalue weighted by molar-refractivity contribution is 0.0696. The summed E-state index contributed by atoms with van der Waals surface area (Å²) in [7, 11) is 0. The second-order valence-corrected chi connectivity index (χ2v) is 5.90. The number of hydrogen-bond donors (Lipinski definition) is 3. The number of aliphatic hydroxyl groups is 3. The minimum absolute atomic E-state index is 0.247. The van der Waals surface area contributed by atoms with Gasteiger partial charge in [-0.05, 0) is 31.2 Å². The summed E-state index contributed by atoms with van der Waals surface area (Å²) in [6, 6.07) is 9.42. The summed E-state index contributed by atoms with van der Waals surface area (Å²) in [6.07, 6.45) is 5.43. The van der Waals surface area contributed by atoms with E-state index >= 15 is 0 Å². The Labute approximate surface area is 128 Å². The Morgan fingerprint density at radius 1 is 0.810 bits per heavy atom. The van der Waals surface area contributed by atoms with Gasteiger partial charge in [-0.1, -0.05) is 56.5 Å². The van der Waals surface area contributed by atoms with Crippen molar-refractivity contribution in [1.82, 2.24) is 0 Å². The van der Waals surface area contributed by atoms with Gasteiger partial charge in [0.25, 0.3) is 0 Å². The molecule has 120 valence electrons. The molecule has 0 aliphatic rings. The smallest absolute Gasteiger partial charge is 0.0814 e. The van der Waals surface area contributed by atoms with Crippen LogP contribution in [0.3, 0.4) is 0 Å². The monoisotopic (exact) mass is 294 g/mol. The molecule has 3 heteroatoms. The summed E-state index contributed by atoms with van der Waals surface area (Å²) < 4.78 is 0. The van der Waals surface area contributed by atoms with Crippen LogP contribution in [0.5, 0.6) is 0 Å². The van der Waals surface area contributed by atoms with Crippen molar-refractivity contribution in [2.24, 2.45) is 0 Å². The topological polar surface area (TPSA) is 60.7 Å². The molecule has 21 heavy (non-hydrogen) atoms. The Hall–Kier alpha value is -0.900. The zero-order valence-corrected chi connectivity index (χ0v) is 13.1. The summed E-state index contributed by atoms with van der Waals surface area (Å²) in [5.74, 6) is 0. The van der Waals surface area contributed by atoms with Crippen LogP contribution in [-0.2, 0) is 0 Å². The number of benzene rings is 1. The molecule has 1 rings (SSSR count). The maximum Gasteiger partial charge on any atom is 0.0814 e. The standard InChI is InChI=1S/C18H30O3/c1-2-3-5-11-16(19)12-8-13-17(20)14-18(21)15-9-6-4-7-10-15/h4,6-7,9-10,16-21H,2-3,5,8,11-14H2,1H3/t16-,17-,18?/m1/s1. The highest BCUT2D eigenvalue weighted by Crippen LogP contribution is 2.20. The van der Waals surface area contributed by atoms with E-state index in [1.54, 1.807) is 0 Å². The molecule has 0 aromatic heterocycles. The number of rotatable bonds is 11. The second kappa shape index (κ2) is 10.8. The number of aliphatic hydroxyl groups excluding tert-OH is 3. The Balaban J connectivity index is 2.15. The van der Waals surface area contributed by atoms with Gasteiger partial charge in [0.2, 0.25) is 0 Å². The summed E-state index contributed by atoms with van der Waals surface area (Å²) in [6.45, 7) is 2.15. The maximum absolute atomic E-state index is 10.0. The van der Waals surface area contributed by atoms with Gasteiger partial charge in [-0.2, -0.15) is 0 Å². The van der Waals surface area contributed by atoms with Crippen molar-refractivity contribution in [2.75, 3.05) is 0 Å². The molecule has 1 aromatic carbocycles. The first-order valence-electron chi connectivity index (χ1n) is 8.22. The first kappa shape index (κ1) is 18.1. The third-order valence-electron chi connectivity index (χ3n) is 3.90. The van der Waals surface area contributed by atoms with Crippen molar-refractivity contribution in [1.29, 1.82) is 0 Å². The van der Waals surface area contributed by atoms with Gasteiger partial charge in [0.1, 0.15) is 0 Å². The van der Waals surface area contributed by atoms with Gasteiger partial charge in [-0.3, -0.25) is 0 Å². The fraction of sp³-hybridized carbons (Fsp3) is 0.667. The summed E-state index contributed by atoms with van der Waals surface area (Å²) in [5, 5.41) is 29.8. The molecule has 0 radical (unpaired) electrons. The van der Waals surface area contributed by atoms with Crippen molar-refractivity contribution >= 4 is 0 Å². The first-order chi connectivity index (χ1) is 10.1. The van der Waals surface area contributed by atoms with Crippen LogP contribution in [0.1, 0.15) is 70.0 Å². The van der Waals surface area contributed by atoms with Crippen LogP contribution in [0.4, 0.5) is 0 Å². The lowest BCUT2D eigenvalue weighted by Crippen LogP contribution is -2.14. The van der Waals surface area contributed by atoms with E-state index in [4.69, 9.17) is 0 Å². The van der Waals surface area contributed by atoms with Gasteiger partial charge in [0.15, 0.2) is 0 Å². The molecular weight excluding hydrogens is 264 g/mol. The van der Waals surface area contributed by atoms with E-state index in [1.807, 2.05) is 30.3 Å². The van der Waals surface area contributed by atoms with Crippen molar-refractivity contribution in [3.05, 3.63) is 35.9 Å². The van der Waals surface area contributed by atoms with E-state index in [2.05, 4.69) is 6.92 Å². The third kappa shape index (κ3) is 8.20. The van der Waals surface area contributed by atoms with Gasteiger partial charge < -0.3 is 15.3 Å². The fourth-order valence-electron chi connectivity index (χ4n) is 2.55. The normalized spacial score (nSPS) is 15.6. The van der Waals surface area contributed by atoms with Gasteiger partial charge in [-0.25, -0.2) is 0 Å². The molecule has 1 unspecified atom stereocenters. The summed E-state index contributed by atoms with van der Waals surface area (Å²) in [5.41, 5.74) is 0.844. The van der Waals surface area contributed by atoms with Gasteiger partial charge in [0, 0.05) is 6.42 Å². The molecule has 0 heterocycles. The zero-order chi connectivity index (χ0) is 15.5. The molecule has 0 amide bonds. The predicted molar refractivity (Wildman–Crippen MR) is 86.0 cm³/mol. The number of hydrogen-bond acceptors (Lipinski definition) is 3. The van der Waals surface area contributed by atoms with Crippen LogP contribution in [0, 0.1) is 0 Å². The molecule has 0 fully saturated rings. The molecule has 3 N–H and O–H groups in total. The molecule has 0 saturated heterocycles. The van der Waals surface area contributed by atoms with Crippen LogP contribution < -0.4 is 0 Å². The zero-order valence-electron chi connectivity index (χ0n) is 13.1. The lowest BCUT2D eigenvalue weighted by Gasteiger charge is -2.17. The average Bonchev–Trinajstić information content (AvgIpc) is 2.48. The van der Waals surface area contributed by atoms with Crippen LogP contribution in [0.25, 0.3) is 0 Å². The molecule has 0 spiro atoms. The minimum atomic E-state index is -0.615. The fourth-order valence-corrected chi connectivity index (χ4v) is 2.55. The van der Waals surface area contributed by atoms with Crippen LogP contribution >= 0.6 is 0 Å². The van der Waals surface area contributed by atoms with E-state index in [1.165, 1.54) is 12.8 Å².